The van der Waals surface area contributed by atoms with Crippen molar-refractivity contribution in [2.45, 2.75) is 67.6 Å². The highest BCUT2D eigenvalue weighted by atomic mass is 16.8. The van der Waals surface area contributed by atoms with Gasteiger partial charge in [0.25, 0.3) is 0 Å². The summed E-state index contributed by atoms with van der Waals surface area (Å²) in [5.41, 5.74) is -2.86. The average molecular weight is 525 g/mol. The van der Waals surface area contributed by atoms with Gasteiger partial charge in [0.15, 0.2) is 6.29 Å². The molecule has 6 N–H and O–H groups in total. The molecule has 3 aliphatic rings. The van der Waals surface area contributed by atoms with Crippen LogP contribution in [0.1, 0.15) is 18.9 Å². The minimum absolute atomic E-state index is 0.168. The van der Waals surface area contributed by atoms with E-state index in [4.69, 9.17) is 23.7 Å². The molecule has 37 heavy (non-hydrogen) atoms. The van der Waals surface area contributed by atoms with Crippen molar-refractivity contribution in [2.75, 3.05) is 13.7 Å². The number of hydrogen-bond acceptors (Lipinski definition) is 12. The van der Waals surface area contributed by atoms with E-state index in [1.807, 2.05) is 0 Å². The number of carbonyl (C=O) groups is 1. The van der Waals surface area contributed by atoms with Crippen LogP contribution in [0.15, 0.2) is 42.7 Å². The van der Waals surface area contributed by atoms with Crippen LogP contribution >= 0.6 is 0 Å². The number of aliphatic hydroxyl groups excluding tert-OH is 4. The lowest BCUT2D eigenvalue weighted by molar-refractivity contribution is -0.351. The van der Waals surface area contributed by atoms with Crippen molar-refractivity contribution in [2.24, 2.45) is 5.92 Å². The number of carbonyl (C=O) groups excluding carboxylic acids is 1. The number of methoxy groups -OCH3 is 1. The number of fused-ring (bicyclic) bond motifs is 1. The van der Waals surface area contributed by atoms with E-state index in [-0.39, 0.29) is 6.42 Å². The fourth-order valence-electron chi connectivity index (χ4n) is 5.01. The molecule has 10 atom stereocenters. The average Bonchev–Trinajstić information content (AvgIpc) is 3.08. The maximum Gasteiger partial charge on any atom is 0.331 e. The standard InChI is InChI=1S/C25H32O12/c1-24(31)11-16(36-17(27)8-5-13-3-6-14(33-2)7-4-13)25(32)9-10-34-23(21(24)25)37-22-20(30)19(29)18(28)15(12-26)35-22/h3-10,15-16,18-23,26,28-32H,11-12H2,1-2H3/b8-5+. The first-order chi connectivity index (χ1) is 17.5. The summed E-state index contributed by atoms with van der Waals surface area (Å²) in [4.78, 5) is 12.6. The second kappa shape index (κ2) is 10.7. The molecule has 0 spiro atoms. The van der Waals surface area contributed by atoms with Crippen LogP contribution in [0, 0.1) is 5.92 Å². The predicted octanol–water partition coefficient (Wildman–Crippen LogP) is -1.19. The summed E-state index contributed by atoms with van der Waals surface area (Å²) < 4.78 is 27.1. The first-order valence-electron chi connectivity index (χ1n) is 11.8. The molecule has 0 radical (unpaired) electrons. The Morgan fingerprint density at radius 1 is 1.11 bits per heavy atom. The SMILES string of the molecule is COc1ccc(/C=C/C(=O)OC2CC(C)(O)C3C(OC4OC(CO)C(O)C(O)C4O)OC=CC23O)cc1. The molecule has 1 saturated heterocycles. The maximum absolute atomic E-state index is 12.6. The molecule has 1 aromatic rings. The highest BCUT2D eigenvalue weighted by molar-refractivity contribution is 5.87. The molecule has 1 aromatic carbocycles. The van der Waals surface area contributed by atoms with Gasteiger partial charge >= 0.3 is 5.97 Å². The van der Waals surface area contributed by atoms with Crippen molar-refractivity contribution in [1.29, 1.82) is 0 Å². The van der Waals surface area contributed by atoms with Gasteiger partial charge in [-0.2, -0.15) is 0 Å². The van der Waals surface area contributed by atoms with Gasteiger partial charge in [-0.3, -0.25) is 0 Å². The van der Waals surface area contributed by atoms with Crippen LogP contribution in [0.25, 0.3) is 6.08 Å². The number of aliphatic hydroxyl groups is 6. The van der Waals surface area contributed by atoms with Crippen molar-refractivity contribution in [3.63, 3.8) is 0 Å². The Kier molecular flexibility index (Phi) is 7.93. The van der Waals surface area contributed by atoms with Crippen molar-refractivity contribution >= 4 is 12.0 Å². The predicted molar refractivity (Wildman–Crippen MR) is 124 cm³/mol. The molecular formula is C25H32O12. The quantitative estimate of drug-likeness (QED) is 0.185. The molecule has 12 heteroatoms. The Balaban J connectivity index is 1.48. The van der Waals surface area contributed by atoms with E-state index in [2.05, 4.69) is 0 Å². The highest BCUT2D eigenvalue weighted by Gasteiger charge is 2.65. The van der Waals surface area contributed by atoms with Gasteiger partial charge < -0.3 is 54.3 Å². The third kappa shape index (κ3) is 5.38. The van der Waals surface area contributed by atoms with Crippen molar-refractivity contribution in [1.82, 2.24) is 0 Å². The minimum Gasteiger partial charge on any atom is -0.497 e. The van der Waals surface area contributed by atoms with Crippen LogP contribution in [0.3, 0.4) is 0 Å². The highest BCUT2D eigenvalue weighted by Crippen LogP contribution is 2.50. The van der Waals surface area contributed by atoms with Gasteiger partial charge in [0.2, 0.25) is 6.29 Å². The Morgan fingerprint density at radius 3 is 2.46 bits per heavy atom. The number of ether oxygens (including phenoxy) is 5. The van der Waals surface area contributed by atoms with Gasteiger partial charge in [-0.1, -0.05) is 12.1 Å². The molecule has 1 aliphatic carbocycles. The van der Waals surface area contributed by atoms with Gasteiger partial charge in [0.1, 0.15) is 41.9 Å². The topological polar surface area (TPSA) is 185 Å². The number of esters is 1. The van der Waals surface area contributed by atoms with Gasteiger partial charge in [0.05, 0.1) is 31.5 Å². The molecule has 1 saturated carbocycles. The first-order valence-corrected chi connectivity index (χ1v) is 11.8. The van der Waals surface area contributed by atoms with Crippen molar-refractivity contribution < 1.29 is 59.1 Å². The summed E-state index contributed by atoms with van der Waals surface area (Å²) in [6.45, 7) is 0.749. The van der Waals surface area contributed by atoms with E-state index in [0.29, 0.717) is 11.3 Å². The van der Waals surface area contributed by atoms with E-state index in [0.717, 1.165) is 6.26 Å². The molecule has 4 rings (SSSR count). The summed E-state index contributed by atoms with van der Waals surface area (Å²) in [5, 5.41) is 62.4. The summed E-state index contributed by atoms with van der Waals surface area (Å²) in [6.07, 6.45) is -5.47. The van der Waals surface area contributed by atoms with Crippen LogP contribution in [0.2, 0.25) is 0 Å². The lowest BCUT2D eigenvalue weighted by Gasteiger charge is -2.45. The van der Waals surface area contributed by atoms with Gasteiger partial charge in [-0.05, 0) is 36.8 Å². The summed E-state index contributed by atoms with van der Waals surface area (Å²) >= 11 is 0. The fourth-order valence-corrected chi connectivity index (χ4v) is 5.01. The lowest BCUT2D eigenvalue weighted by Crippen LogP contribution is -2.62. The van der Waals surface area contributed by atoms with Crippen LogP contribution in [-0.2, 0) is 23.7 Å². The Morgan fingerprint density at radius 2 is 1.81 bits per heavy atom. The van der Waals surface area contributed by atoms with Gasteiger partial charge in [0, 0.05) is 12.5 Å². The van der Waals surface area contributed by atoms with E-state index in [1.54, 1.807) is 31.4 Å². The number of benzene rings is 1. The van der Waals surface area contributed by atoms with Crippen LogP contribution < -0.4 is 4.74 Å². The molecule has 0 aromatic heterocycles. The Hall–Kier alpha value is -2.55. The van der Waals surface area contributed by atoms with Crippen molar-refractivity contribution in [3.8, 4) is 5.75 Å². The zero-order valence-electron chi connectivity index (χ0n) is 20.3. The summed E-state index contributed by atoms with van der Waals surface area (Å²) in [7, 11) is 1.54. The molecule has 204 valence electrons. The third-order valence-electron chi connectivity index (χ3n) is 7.01. The van der Waals surface area contributed by atoms with E-state index in [9.17, 15) is 35.4 Å². The normalized spacial score (nSPS) is 41.3. The van der Waals surface area contributed by atoms with E-state index in [1.165, 1.54) is 25.2 Å². The molecule has 2 aliphatic heterocycles. The fraction of sp³-hybridized carbons (Fsp3) is 0.560. The lowest BCUT2D eigenvalue weighted by atomic mass is 9.81. The molecule has 0 amide bonds. The smallest absolute Gasteiger partial charge is 0.331 e. The monoisotopic (exact) mass is 524 g/mol. The van der Waals surface area contributed by atoms with E-state index >= 15 is 0 Å². The van der Waals surface area contributed by atoms with Gasteiger partial charge in [-0.25, -0.2) is 4.79 Å². The molecule has 0 bridgehead atoms. The molecular weight excluding hydrogens is 492 g/mol. The van der Waals surface area contributed by atoms with Crippen molar-refractivity contribution in [3.05, 3.63) is 48.2 Å². The molecule has 2 fully saturated rings. The maximum atomic E-state index is 12.6. The molecule has 2 heterocycles. The largest absolute Gasteiger partial charge is 0.497 e. The third-order valence-corrected chi connectivity index (χ3v) is 7.01. The second-order valence-corrected chi connectivity index (χ2v) is 9.60. The number of hydrogen-bond donors (Lipinski definition) is 6. The van der Waals surface area contributed by atoms with E-state index < -0.39 is 72.8 Å². The summed E-state index contributed by atoms with van der Waals surface area (Å²) in [5.74, 6) is -1.30. The van der Waals surface area contributed by atoms with Crippen LogP contribution in [0.5, 0.6) is 5.75 Å². The molecule has 12 nitrogen and oxygen atoms in total. The summed E-state index contributed by atoms with van der Waals surface area (Å²) in [6, 6.07) is 6.95. The van der Waals surface area contributed by atoms with Gasteiger partial charge in [-0.15, -0.1) is 0 Å². The Labute approximate surface area is 212 Å². The number of rotatable bonds is 7. The molecule has 10 unspecified atom stereocenters. The minimum atomic E-state index is -1.91. The van der Waals surface area contributed by atoms with Crippen LogP contribution in [0.4, 0.5) is 0 Å². The van der Waals surface area contributed by atoms with Crippen LogP contribution in [-0.4, -0.2) is 105 Å². The zero-order valence-corrected chi connectivity index (χ0v) is 20.3. The zero-order chi connectivity index (χ0) is 27.0. The second-order valence-electron chi connectivity index (χ2n) is 9.60. The first kappa shape index (κ1) is 27.5. The Bertz CT molecular complexity index is 1010.